The molecule has 3 heteroatoms. The van der Waals surface area contributed by atoms with Crippen LogP contribution in [0.2, 0.25) is 0 Å². The van der Waals surface area contributed by atoms with Crippen LogP contribution in [-0.2, 0) is 0 Å². The zero-order valence-electron chi connectivity index (χ0n) is 8.69. The molecule has 15 heavy (non-hydrogen) atoms. The molecule has 0 radical (unpaired) electrons. The molecule has 0 aromatic carbocycles. The lowest BCUT2D eigenvalue weighted by Gasteiger charge is -2.20. The van der Waals surface area contributed by atoms with Crippen molar-refractivity contribution >= 4 is 17.5 Å². The van der Waals surface area contributed by atoms with Gasteiger partial charge in [0, 0.05) is 24.4 Å². The predicted molar refractivity (Wildman–Crippen MR) is 63.2 cm³/mol. The lowest BCUT2D eigenvalue weighted by atomic mass is 9.94. The third-order valence-corrected chi connectivity index (χ3v) is 3.85. The predicted octanol–water partition coefficient (Wildman–Crippen LogP) is 2.80. The lowest BCUT2D eigenvalue weighted by Crippen LogP contribution is -2.14. The largest absolute Gasteiger partial charge is 0.294 e. The van der Waals surface area contributed by atoms with Gasteiger partial charge in [-0.25, -0.2) is 0 Å². The summed E-state index contributed by atoms with van der Waals surface area (Å²) in [5.41, 5.74) is 0.760. The van der Waals surface area contributed by atoms with Crippen LogP contribution >= 0.6 is 11.8 Å². The normalized spacial score (nSPS) is 17.6. The summed E-state index contributed by atoms with van der Waals surface area (Å²) in [7, 11) is 0. The fraction of sp³-hybridized carbons (Fsp3) is 0.500. The van der Waals surface area contributed by atoms with Crippen molar-refractivity contribution in [2.24, 2.45) is 5.92 Å². The van der Waals surface area contributed by atoms with Crippen molar-refractivity contribution in [2.75, 3.05) is 11.5 Å². The highest BCUT2D eigenvalue weighted by atomic mass is 32.2. The van der Waals surface area contributed by atoms with Crippen molar-refractivity contribution in [1.82, 2.24) is 4.98 Å². The summed E-state index contributed by atoms with van der Waals surface area (Å²) in [6, 6.07) is 3.68. The molecule has 1 aromatic heterocycles. The molecule has 1 saturated heterocycles. The fourth-order valence-electron chi connectivity index (χ4n) is 1.86. The molecule has 0 spiro atoms. The number of carbonyl (C=O) groups is 1. The van der Waals surface area contributed by atoms with Gasteiger partial charge < -0.3 is 0 Å². The van der Waals surface area contributed by atoms with Crippen LogP contribution in [-0.4, -0.2) is 22.3 Å². The van der Waals surface area contributed by atoms with Gasteiger partial charge in [-0.05, 0) is 42.4 Å². The number of pyridine rings is 1. The van der Waals surface area contributed by atoms with Crippen LogP contribution < -0.4 is 0 Å². The second-order valence-electron chi connectivity index (χ2n) is 3.92. The zero-order valence-corrected chi connectivity index (χ0v) is 9.50. The monoisotopic (exact) mass is 221 g/mol. The first-order valence-electron chi connectivity index (χ1n) is 5.37. The summed E-state index contributed by atoms with van der Waals surface area (Å²) in [6.45, 7) is 0. The minimum Gasteiger partial charge on any atom is -0.294 e. The van der Waals surface area contributed by atoms with Crippen LogP contribution in [0, 0.1) is 5.92 Å². The Morgan fingerprint density at radius 2 is 2.27 bits per heavy atom. The average Bonchev–Trinajstić information content (AvgIpc) is 2.31. The van der Waals surface area contributed by atoms with Crippen molar-refractivity contribution in [3.63, 3.8) is 0 Å². The van der Waals surface area contributed by atoms with E-state index in [2.05, 4.69) is 4.98 Å². The number of hydrogen-bond donors (Lipinski definition) is 0. The maximum Gasteiger partial charge on any atom is 0.164 e. The van der Waals surface area contributed by atoms with E-state index in [1.54, 1.807) is 12.4 Å². The number of Topliss-reactive ketones (excluding diaryl/α,β-unsaturated/α-hetero) is 1. The van der Waals surface area contributed by atoms with Crippen LogP contribution in [0.15, 0.2) is 24.5 Å². The molecule has 0 bridgehead atoms. The second kappa shape index (κ2) is 5.31. The van der Waals surface area contributed by atoms with Crippen LogP contribution in [0.3, 0.4) is 0 Å². The van der Waals surface area contributed by atoms with E-state index in [1.807, 2.05) is 23.9 Å². The van der Waals surface area contributed by atoms with E-state index in [-0.39, 0.29) is 5.78 Å². The molecular formula is C12H15NOS. The molecule has 1 aliphatic rings. The summed E-state index contributed by atoms with van der Waals surface area (Å²) in [5.74, 6) is 3.27. The molecule has 0 unspecified atom stereocenters. The standard InChI is InChI=1S/C12H15NOS/c14-12(11-2-1-5-13-9-11)8-10-3-6-15-7-4-10/h1-2,5,9-10H,3-4,6-8H2. The molecule has 0 saturated carbocycles. The van der Waals surface area contributed by atoms with E-state index in [9.17, 15) is 4.79 Å². The van der Waals surface area contributed by atoms with Crippen LogP contribution in [0.4, 0.5) is 0 Å². The van der Waals surface area contributed by atoms with Crippen molar-refractivity contribution in [2.45, 2.75) is 19.3 Å². The minimum atomic E-state index is 0.250. The maximum atomic E-state index is 11.9. The highest BCUT2D eigenvalue weighted by Crippen LogP contribution is 2.26. The third-order valence-electron chi connectivity index (χ3n) is 2.80. The van der Waals surface area contributed by atoms with Gasteiger partial charge in [0.25, 0.3) is 0 Å². The molecule has 1 aromatic rings. The van der Waals surface area contributed by atoms with E-state index < -0.39 is 0 Å². The summed E-state index contributed by atoms with van der Waals surface area (Å²) >= 11 is 2.00. The van der Waals surface area contributed by atoms with Crippen LogP contribution in [0.25, 0.3) is 0 Å². The minimum absolute atomic E-state index is 0.250. The Bertz CT molecular complexity index is 320. The fourth-order valence-corrected chi connectivity index (χ4v) is 3.06. The van der Waals surface area contributed by atoms with Gasteiger partial charge in [-0.3, -0.25) is 9.78 Å². The Hall–Kier alpha value is -0.830. The zero-order chi connectivity index (χ0) is 10.5. The van der Waals surface area contributed by atoms with Gasteiger partial charge in [-0.15, -0.1) is 0 Å². The number of ketones is 1. The van der Waals surface area contributed by atoms with Gasteiger partial charge in [0.1, 0.15) is 0 Å². The van der Waals surface area contributed by atoms with Crippen molar-refractivity contribution in [3.05, 3.63) is 30.1 Å². The lowest BCUT2D eigenvalue weighted by molar-refractivity contribution is 0.0958. The van der Waals surface area contributed by atoms with E-state index in [0.717, 1.165) is 5.56 Å². The summed E-state index contributed by atoms with van der Waals surface area (Å²) in [5, 5.41) is 0. The van der Waals surface area contributed by atoms with Gasteiger partial charge >= 0.3 is 0 Å². The van der Waals surface area contributed by atoms with E-state index in [4.69, 9.17) is 0 Å². The molecular weight excluding hydrogens is 206 g/mol. The van der Waals surface area contributed by atoms with Crippen LogP contribution in [0.1, 0.15) is 29.6 Å². The van der Waals surface area contributed by atoms with Crippen LogP contribution in [0.5, 0.6) is 0 Å². The highest BCUT2D eigenvalue weighted by Gasteiger charge is 2.17. The summed E-state index contributed by atoms with van der Waals surface area (Å²) in [4.78, 5) is 15.8. The van der Waals surface area contributed by atoms with Crippen molar-refractivity contribution in [1.29, 1.82) is 0 Å². The molecule has 0 N–H and O–H groups in total. The quantitative estimate of drug-likeness (QED) is 0.735. The van der Waals surface area contributed by atoms with Gasteiger partial charge in [-0.2, -0.15) is 11.8 Å². The molecule has 0 aliphatic carbocycles. The first kappa shape index (κ1) is 10.7. The number of aromatic nitrogens is 1. The molecule has 0 amide bonds. The Balaban J connectivity index is 1.91. The van der Waals surface area contributed by atoms with E-state index in [0.29, 0.717) is 12.3 Å². The molecule has 2 heterocycles. The Kier molecular flexibility index (Phi) is 3.78. The summed E-state index contributed by atoms with van der Waals surface area (Å²) < 4.78 is 0. The summed E-state index contributed by atoms with van der Waals surface area (Å²) in [6.07, 6.45) is 6.45. The molecule has 0 atom stereocenters. The molecule has 1 fully saturated rings. The maximum absolute atomic E-state index is 11.9. The Labute approximate surface area is 94.5 Å². The van der Waals surface area contributed by atoms with Gasteiger partial charge in [0.2, 0.25) is 0 Å². The smallest absolute Gasteiger partial charge is 0.164 e. The van der Waals surface area contributed by atoms with Gasteiger partial charge in [-0.1, -0.05) is 0 Å². The Morgan fingerprint density at radius 1 is 1.47 bits per heavy atom. The van der Waals surface area contributed by atoms with Crippen molar-refractivity contribution < 1.29 is 4.79 Å². The molecule has 1 aliphatic heterocycles. The molecule has 80 valence electrons. The molecule has 2 rings (SSSR count). The van der Waals surface area contributed by atoms with Gasteiger partial charge in [0.15, 0.2) is 5.78 Å². The van der Waals surface area contributed by atoms with Crippen molar-refractivity contribution in [3.8, 4) is 0 Å². The second-order valence-corrected chi connectivity index (χ2v) is 5.15. The third kappa shape index (κ3) is 3.06. The Morgan fingerprint density at radius 3 is 2.93 bits per heavy atom. The topological polar surface area (TPSA) is 30.0 Å². The number of thioether (sulfide) groups is 1. The highest BCUT2D eigenvalue weighted by molar-refractivity contribution is 7.99. The SMILES string of the molecule is O=C(CC1CCSCC1)c1cccnc1. The average molecular weight is 221 g/mol. The number of hydrogen-bond acceptors (Lipinski definition) is 3. The van der Waals surface area contributed by atoms with E-state index in [1.165, 1.54) is 24.3 Å². The first-order valence-corrected chi connectivity index (χ1v) is 6.52. The van der Waals surface area contributed by atoms with Gasteiger partial charge in [0.05, 0.1) is 0 Å². The number of rotatable bonds is 3. The number of carbonyl (C=O) groups excluding carboxylic acids is 1. The first-order chi connectivity index (χ1) is 7.36. The number of nitrogens with zero attached hydrogens (tertiary/aromatic N) is 1. The molecule has 2 nitrogen and oxygen atoms in total. The van der Waals surface area contributed by atoms with E-state index >= 15 is 0 Å².